The molecule has 0 saturated carbocycles. The summed E-state index contributed by atoms with van der Waals surface area (Å²) in [6.07, 6.45) is 0. The van der Waals surface area contributed by atoms with E-state index in [9.17, 15) is 9.59 Å². The highest BCUT2D eigenvalue weighted by Gasteiger charge is 2.22. The van der Waals surface area contributed by atoms with Crippen LogP contribution in [0, 0.1) is 0 Å². The molecule has 0 fully saturated rings. The second-order valence-electron chi connectivity index (χ2n) is 21.2. The first kappa shape index (κ1) is 47.1. The average Bonchev–Trinajstić information content (AvgIpc) is 2.58. The van der Waals surface area contributed by atoms with Gasteiger partial charge >= 0.3 is 0 Å². The Morgan fingerprint density at radius 3 is 0.821 bits per heavy atom. The topological polar surface area (TPSA) is 175 Å². The van der Waals surface area contributed by atoms with Gasteiger partial charge in [0.25, 0.3) is 0 Å². The van der Waals surface area contributed by atoms with Gasteiger partial charge in [-0.1, -0.05) is 194 Å². The largest absolute Gasteiger partial charge is 0.354 e. The maximum absolute atomic E-state index is 12.8. The normalized spacial score (nSPS) is 11.9. The van der Waals surface area contributed by atoms with Crippen LogP contribution in [0.25, 0.3) is 176 Å². The summed E-state index contributed by atoms with van der Waals surface area (Å²) in [5, 5.41) is 17.1. The fraction of sp³-hybridized carbons (Fsp3) is 0. The Hall–Kier alpha value is -11.8. The van der Waals surface area contributed by atoms with E-state index < -0.39 is 0 Å². The minimum Gasteiger partial charge on any atom is -0.354 e. The molecule has 0 saturated heterocycles. The molecule has 0 radical (unpaired) electrons. The first-order chi connectivity index (χ1) is 41.5. The van der Waals surface area contributed by atoms with Gasteiger partial charge in [-0.05, 0) is 79.5 Å². The molecule has 7 heterocycles. The second kappa shape index (κ2) is 18.4. The molecular weight excluding hydrogens is 1040 g/mol. The molecule has 12 nitrogen and oxygen atoms in total. The minimum absolute atomic E-state index is 0.0322. The Morgan fingerprint density at radius 2 is 0.500 bits per heavy atom. The van der Waals surface area contributed by atoms with Gasteiger partial charge in [-0.25, -0.2) is 29.9 Å². The third-order valence-corrected chi connectivity index (χ3v) is 16.4. The number of para-hydroxylation sites is 2. The summed E-state index contributed by atoms with van der Waals surface area (Å²) in [7, 11) is 0. The van der Waals surface area contributed by atoms with Gasteiger partial charge in [-0.3, -0.25) is 9.59 Å². The molecule has 4 N–H and O–H groups in total. The van der Waals surface area contributed by atoms with E-state index in [0.29, 0.717) is 78.5 Å². The number of hydrogen-bond acceptors (Lipinski definition) is 8. The van der Waals surface area contributed by atoms with Crippen molar-refractivity contribution in [2.24, 2.45) is 0 Å². The zero-order valence-electron chi connectivity index (χ0n) is 44.4. The summed E-state index contributed by atoms with van der Waals surface area (Å²) in [5.41, 5.74) is 9.27. The lowest BCUT2D eigenvalue weighted by molar-refractivity contribution is 1.19. The lowest BCUT2D eigenvalue weighted by Crippen LogP contribution is -2.08. The van der Waals surface area contributed by atoms with Crippen molar-refractivity contribution < 1.29 is 0 Å². The molecule has 2 aliphatic rings. The molecule has 5 aromatic heterocycles. The zero-order chi connectivity index (χ0) is 55.6. The molecule has 8 bridgehead atoms. The van der Waals surface area contributed by atoms with E-state index in [1.54, 1.807) is 24.3 Å². The molecule has 2 aliphatic heterocycles. The van der Waals surface area contributed by atoms with Crippen LogP contribution in [0.1, 0.15) is 0 Å². The van der Waals surface area contributed by atoms with E-state index in [4.69, 9.17) is 29.9 Å². The van der Waals surface area contributed by atoms with Crippen LogP contribution in [-0.4, -0.2) is 49.8 Å². The number of H-pyrrole nitrogens is 4. The molecular formula is C72H42N10O2. The van der Waals surface area contributed by atoms with Gasteiger partial charge < -0.3 is 19.9 Å². The Morgan fingerprint density at radius 1 is 0.226 bits per heavy atom. The molecule has 392 valence electrons. The van der Waals surface area contributed by atoms with E-state index >= 15 is 0 Å². The van der Waals surface area contributed by atoms with Crippen molar-refractivity contribution in [2.75, 3.05) is 0 Å². The lowest BCUT2D eigenvalue weighted by atomic mass is 9.90. The Bertz CT molecular complexity index is 5360. The molecule has 19 rings (SSSR count). The highest BCUT2D eigenvalue weighted by atomic mass is 16.1. The van der Waals surface area contributed by atoms with Crippen LogP contribution in [0.4, 0.5) is 0 Å². The Labute approximate surface area is 474 Å². The smallest absolute Gasteiger partial charge is 0.197 e. The van der Waals surface area contributed by atoms with Crippen LogP contribution in [-0.2, 0) is 0 Å². The van der Waals surface area contributed by atoms with Crippen molar-refractivity contribution in [3.8, 4) is 45.6 Å². The van der Waals surface area contributed by atoms with Gasteiger partial charge in [0, 0.05) is 76.4 Å². The molecule has 0 atom stereocenters. The van der Waals surface area contributed by atoms with Crippen molar-refractivity contribution in [1.82, 2.24) is 49.8 Å². The van der Waals surface area contributed by atoms with Crippen LogP contribution in [0.5, 0.6) is 0 Å². The first-order valence-electron chi connectivity index (χ1n) is 27.7. The van der Waals surface area contributed by atoms with E-state index in [2.05, 4.69) is 92.7 Å². The second-order valence-corrected chi connectivity index (χ2v) is 21.2. The van der Waals surface area contributed by atoms with Crippen LogP contribution in [0.15, 0.2) is 240 Å². The van der Waals surface area contributed by atoms with Crippen LogP contribution >= 0.6 is 0 Å². The predicted octanol–water partition coefficient (Wildman–Crippen LogP) is 16.3. The number of hydrogen-bond donors (Lipinski definition) is 4. The van der Waals surface area contributed by atoms with Gasteiger partial charge in [-0.15, -0.1) is 0 Å². The minimum atomic E-state index is -0.0322. The third-order valence-electron chi connectivity index (χ3n) is 16.4. The predicted molar refractivity (Wildman–Crippen MR) is 341 cm³/mol. The zero-order valence-corrected chi connectivity index (χ0v) is 44.4. The summed E-state index contributed by atoms with van der Waals surface area (Å²) >= 11 is 0. The number of rotatable bonds is 0. The average molecular weight is 1080 g/mol. The summed E-state index contributed by atoms with van der Waals surface area (Å²) in [4.78, 5) is 68.8. The van der Waals surface area contributed by atoms with Crippen molar-refractivity contribution in [2.45, 2.75) is 0 Å². The highest BCUT2D eigenvalue weighted by Crippen LogP contribution is 2.41. The fourth-order valence-electron chi connectivity index (χ4n) is 12.5. The number of benzene rings is 12. The molecule has 0 unspecified atom stereocenters. The van der Waals surface area contributed by atoms with E-state index in [1.807, 2.05) is 133 Å². The lowest BCUT2D eigenvalue weighted by Gasteiger charge is -2.13. The number of nitrogens with one attached hydrogen (secondary N) is 4. The quantitative estimate of drug-likeness (QED) is 0.0857. The number of aromatic amines is 4. The maximum atomic E-state index is 12.8. The monoisotopic (exact) mass is 1080 g/mol. The van der Waals surface area contributed by atoms with Crippen molar-refractivity contribution in [3.63, 3.8) is 0 Å². The molecule has 0 spiro atoms. The molecule has 17 aromatic rings. The summed E-state index contributed by atoms with van der Waals surface area (Å²) in [6, 6.07) is 77.0. The Kier molecular flexibility index (Phi) is 10.3. The van der Waals surface area contributed by atoms with Gasteiger partial charge in [-0.2, -0.15) is 0 Å². The highest BCUT2D eigenvalue weighted by molar-refractivity contribution is 6.32. The van der Waals surface area contributed by atoms with Crippen LogP contribution in [0.2, 0.25) is 0 Å². The van der Waals surface area contributed by atoms with E-state index in [-0.39, 0.29) is 10.9 Å². The first-order valence-corrected chi connectivity index (χ1v) is 27.7. The van der Waals surface area contributed by atoms with Gasteiger partial charge in [0.2, 0.25) is 0 Å². The maximum Gasteiger partial charge on any atom is 0.197 e. The van der Waals surface area contributed by atoms with Gasteiger partial charge in [0.15, 0.2) is 34.2 Å². The number of aromatic nitrogens is 10. The molecule has 0 aliphatic carbocycles. The van der Waals surface area contributed by atoms with Crippen molar-refractivity contribution >= 4 is 131 Å². The number of fused-ring (bicyclic) bond motifs is 26. The number of nitrogens with zero attached hydrogens (tertiary/aromatic N) is 6. The number of pyridine rings is 2. The summed E-state index contributed by atoms with van der Waals surface area (Å²) in [5.74, 6) is 2.39. The summed E-state index contributed by atoms with van der Waals surface area (Å²) < 4.78 is 0. The SMILES string of the molecule is O=c1c2ccccc2[nH]c2cc3c(=O)c4ccccc4[nH]c3cc12.c1cc2cccc3c4cccc5cccc(c(c1)c23)c54.c1ccc2c(c1)-c1nc-2nc2[nH]c(nc3nc(nc4[nH]c(n1)c1ccccc41)-c1ccccc1-3)c1ccccc21. The molecule has 12 aromatic carbocycles. The molecule has 0 amide bonds. The molecule has 12 heteroatoms. The van der Waals surface area contributed by atoms with E-state index in [1.165, 1.54) is 43.1 Å². The summed E-state index contributed by atoms with van der Waals surface area (Å²) in [6.45, 7) is 0. The van der Waals surface area contributed by atoms with Gasteiger partial charge in [0.1, 0.15) is 22.6 Å². The van der Waals surface area contributed by atoms with Crippen LogP contribution in [0.3, 0.4) is 0 Å². The fourth-order valence-corrected chi connectivity index (χ4v) is 12.5. The van der Waals surface area contributed by atoms with Crippen molar-refractivity contribution in [1.29, 1.82) is 0 Å². The van der Waals surface area contributed by atoms with Crippen LogP contribution < -0.4 is 10.9 Å². The van der Waals surface area contributed by atoms with E-state index in [0.717, 1.165) is 54.8 Å². The van der Waals surface area contributed by atoms with Gasteiger partial charge in [0.05, 0.1) is 11.0 Å². The molecule has 84 heavy (non-hydrogen) atoms. The third kappa shape index (κ3) is 7.34. The standard InChI is InChI=1S/C32H18N8.C20H12N2O2.C20H12/c1-2-10-18-17(9-1)25-33-26(18)38-28-21-13-5-6-14-22(21)30(35-28)40-32-24-16-8-7-15-23(24)31(36-32)39-29-20-12-4-3-11-19(20)27(34-29)37-25;23-19-11-5-1-3-7-15(11)21-17-10-14-18(9-13(17)19)22-16-8-4-2-6-12(16)20(14)24;1-5-13-6-2-11-17-18-12-4-8-14-7-3-10-16(20(14)18)15(9-1)19(13)17/h1-16H,(H2,33,34,35,36,37,38,39,40);1-10H,(H,21,23)(H,22,24);1-12H. The Balaban J connectivity index is 0.000000107. The van der Waals surface area contributed by atoms with Crippen molar-refractivity contribution in [3.05, 3.63) is 251 Å².